The van der Waals surface area contributed by atoms with E-state index >= 15 is 0 Å². The first kappa shape index (κ1) is 8.91. The van der Waals surface area contributed by atoms with Crippen molar-refractivity contribution in [2.24, 2.45) is 0 Å². The zero-order valence-electron chi connectivity index (χ0n) is 5.20. The quantitative estimate of drug-likeness (QED) is 0.387. The normalized spacial score (nSPS) is 10.0. The molecule has 0 saturated carbocycles. The second-order valence-electron chi connectivity index (χ2n) is 1.59. The predicted octanol–water partition coefficient (Wildman–Crippen LogP) is -0.945. The lowest BCUT2D eigenvalue weighted by molar-refractivity contribution is -0.134. The predicted molar refractivity (Wildman–Crippen MR) is 31.4 cm³/mol. The van der Waals surface area contributed by atoms with E-state index in [2.05, 4.69) is 4.74 Å². The van der Waals surface area contributed by atoms with Gasteiger partial charge in [0.2, 0.25) is 0 Å². The molecule has 56 valence electrons. The van der Waals surface area contributed by atoms with Crippen LogP contribution in [0.4, 0.5) is 0 Å². The lowest BCUT2D eigenvalue weighted by Gasteiger charge is -1.94. The summed E-state index contributed by atoms with van der Waals surface area (Å²) in [5, 5.41) is 7.81. The van der Waals surface area contributed by atoms with Gasteiger partial charge in [0.05, 0.1) is 0 Å². The van der Waals surface area contributed by atoms with Gasteiger partial charge < -0.3 is 4.74 Å². The van der Waals surface area contributed by atoms with Gasteiger partial charge in [-0.25, -0.2) is 13.2 Å². The molecule has 0 aliphatic heterocycles. The molecule has 0 aliphatic carbocycles. The van der Waals surface area contributed by atoms with Crippen molar-refractivity contribution < 1.29 is 17.9 Å². The summed E-state index contributed by atoms with van der Waals surface area (Å²) < 4.78 is 24.5. The maximum Gasteiger partial charge on any atom is 0.412 e. The third kappa shape index (κ3) is 5.05. The number of nitriles is 1. The molecule has 0 aliphatic rings. The molecule has 0 unspecified atom stereocenters. The minimum absolute atomic E-state index is 0.737. The highest BCUT2D eigenvalue weighted by Crippen LogP contribution is 1.84. The summed E-state index contributed by atoms with van der Waals surface area (Å²) in [6.07, 6.45) is 0.900. The number of esters is 1. The van der Waals surface area contributed by atoms with Crippen LogP contribution in [0.3, 0.4) is 0 Å². The number of carbonyl (C=O) groups is 1. The summed E-state index contributed by atoms with van der Waals surface area (Å²) in [6.45, 7) is 0. The Morgan fingerprint density at radius 1 is 1.70 bits per heavy atom. The van der Waals surface area contributed by atoms with Crippen LogP contribution in [0.15, 0.2) is 0 Å². The van der Waals surface area contributed by atoms with Crippen LogP contribution in [0.25, 0.3) is 0 Å². The minimum Gasteiger partial charge on any atom is -0.438 e. The van der Waals surface area contributed by atoms with E-state index in [1.54, 1.807) is 0 Å². The van der Waals surface area contributed by atoms with Crippen molar-refractivity contribution in [3.63, 3.8) is 0 Å². The number of hydrogen-bond acceptors (Lipinski definition) is 5. The summed E-state index contributed by atoms with van der Waals surface area (Å²) >= 11 is 0. The van der Waals surface area contributed by atoms with Gasteiger partial charge in [0.25, 0.3) is 0 Å². The van der Waals surface area contributed by atoms with E-state index in [9.17, 15) is 13.2 Å². The average Bonchev–Trinajstić information content (AvgIpc) is 1.81. The molecule has 0 atom stereocenters. The van der Waals surface area contributed by atoms with Crippen molar-refractivity contribution in [2.75, 3.05) is 12.2 Å². The molecule has 6 heteroatoms. The summed E-state index contributed by atoms with van der Waals surface area (Å²) in [5.41, 5.74) is 0. The van der Waals surface area contributed by atoms with Crippen LogP contribution >= 0.6 is 0 Å². The van der Waals surface area contributed by atoms with Crippen molar-refractivity contribution in [2.45, 2.75) is 0 Å². The fourth-order valence-corrected chi connectivity index (χ4v) is 0.514. The largest absolute Gasteiger partial charge is 0.438 e. The Labute approximate surface area is 58.1 Å². The van der Waals surface area contributed by atoms with Crippen molar-refractivity contribution in [3.05, 3.63) is 0 Å². The van der Waals surface area contributed by atoms with Gasteiger partial charge in [0, 0.05) is 6.26 Å². The van der Waals surface area contributed by atoms with Crippen LogP contribution in [0.2, 0.25) is 0 Å². The second-order valence-corrected chi connectivity index (χ2v) is 3.67. The summed E-state index contributed by atoms with van der Waals surface area (Å²) in [4.78, 5) is 10.0. The fourth-order valence-electron chi connectivity index (χ4n) is 0.193. The highest BCUT2D eigenvalue weighted by molar-refractivity contribution is 7.90. The molecule has 0 rings (SSSR count). The fraction of sp³-hybridized carbons (Fsp3) is 0.500. The maximum absolute atomic E-state index is 10.3. The Kier molecular flexibility index (Phi) is 2.83. The van der Waals surface area contributed by atoms with Crippen LogP contribution in [-0.2, 0) is 19.4 Å². The monoisotopic (exact) mass is 163 g/mol. The molecule has 10 heavy (non-hydrogen) atoms. The van der Waals surface area contributed by atoms with E-state index in [0.29, 0.717) is 0 Å². The van der Waals surface area contributed by atoms with Gasteiger partial charge in [-0.05, 0) is 0 Å². The number of sulfone groups is 1. The van der Waals surface area contributed by atoms with E-state index in [4.69, 9.17) is 5.26 Å². The third-order valence-corrected chi connectivity index (χ3v) is 1.04. The first-order valence-corrected chi connectivity index (χ1v) is 4.26. The number of ether oxygens (including phenoxy) is 1. The van der Waals surface area contributed by atoms with Crippen molar-refractivity contribution >= 4 is 15.8 Å². The standard InChI is InChI=1S/C4H5NO4S/c1-10(7,8)3-9-4(6)2-5/h3H2,1H3. The van der Waals surface area contributed by atoms with Crippen molar-refractivity contribution in [3.8, 4) is 6.07 Å². The van der Waals surface area contributed by atoms with Crippen molar-refractivity contribution in [1.82, 2.24) is 0 Å². The number of hydrogen-bond donors (Lipinski definition) is 0. The highest BCUT2D eigenvalue weighted by atomic mass is 32.2. The highest BCUT2D eigenvalue weighted by Gasteiger charge is 2.05. The lowest BCUT2D eigenvalue weighted by Crippen LogP contribution is -2.10. The Bertz CT molecular complexity index is 259. The summed E-state index contributed by atoms with van der Waals surface area (Å²) in [5.74, 6) is -1.93. The number of carbonyl (C=O) groups excluding carboxylic acids is 1. The summed E-state index contributed by atoms with van der Waals surface area (Å²) in [6, 6.07) is 1.11. The van der Waals surface area contributed by atoms with Gasteiger partial charge >= 0.3 is 5.97 Å². The van der Waals surface area contributed by atoms with Crippen LogP contribution < -0.4 is 0 Å². The van der Waals surface area contributed by atoms with E-state index < -0.39 is 21.7 Å². The molecule has 0 heterocycles. The molecule has 0 spiro atoms. The van der Waals surface area contributed by atoms with Gasteiger partial charge in [0.1, 0.15) is 0 Å². The molecule has 0 amide bonds. The first-order valence-electron chi connectivity index (χ1n) is 2.20. The molecule has 0 N–H and O–H groups in total. The molecular weight excluding hydrogens is 158 g/mol. The maximum atomic E-state index is 10.3. The molecule has 0 fully saturated rings. The first-order chi connectivity index (χ1) is 4.45. The van der Waals surface area contributed by atoms with E-state index in [0.717, 1.165) is 12.3 Å². The Balaban J connectivity index is 3.82. The van der Waals surface area contributed by atoms with E-state index in [-0.39, 0.29) is 0 Å². The zero-order chi connectivity index (χ0) is 8.20. The van der Waals surface area contributed by atoms with Crippen LogP contribution in [0.1, 0.15) is 0 Å². The van der Waals surface area contributed by atoms with Gasteiger partial charge in [-0.3, -0.25) is 0 Å². The van der Waals surface area contributed by atoms with Crippen LogP contribution in [-0.4, -0.2) is 26.6 Å². The third-order valence-electron chi connectivity index (χ3n) is 0.495. The SMILES string of the molecule is CS(=O)(=O)COC(=O)C#N. The van der Waals surface area contributed by atoms with Gasteiger partial charge in [-0.2, -0.15) is 5.26 Å². The molecule has 0 aromatic rings. The van der Waals surface area contributed by atoms with Gasteiger partial charge in [0.15, 0.2) is 21.8 Å². The Morgan fingerprint density at radius 2 is 2.20 bits per heavy atom. The summed E-state index contributed by atoms with van der Waals surface area (Å²) in [7, 11) is -3.32. The van der Waals surface area contributed by atoms with E-state index in [1.807, 2.05) is 0 Å². The van der Waals surface area contributed by atoms with Gasteiger partial charge in [-0.15, -0.1) is 0 Å². The number of rotatable bonds is 2. The molecule has 0 aromatic heterocycles. The molecule has 5 nitrogen and oxygen atoms in total. The molecule has 0 saturated heterocycles. The Morgan fingerprint density at radius 3 is 2.50 bits per heavy atom. The van der Waals surface area contributed by atoms with Crippen LogP contribution in [0, 0.1) is 11.3 Å². The second kappa shape index (κ2) is 3.17. The zero-order valence-corrected chi connectivity index (χ0v) is 6.01. The van der Waals surface area contributed by atoms with Crippen LogP contribution in [0.5, 0.6) is 0 Å². The number of nitrogens with zero attached hydrogens (tertiary/aromatic N) is 1. The topological polar surface area (TPSA) is 84.2 Å². The van der Waals surface area contributed by atoms with E-state index in [1.165, 1.54) is 0 Å². The molecule has 0 radical (unpaired) electrons. The Hall–Kier alpha value is -1.09. The smallest absolute Gasteiger partial charge is 0.412 e. The average molecular weight is 163 g/mol. The lowest BCUT2D eigenvalue weighted by atomic mass is 10.8. The molecular formula is C4H5NO4S. The molecule has 0 aromatic carbocycles. The molecule has 0 bridgehead atoms. The minimum atomic E-state index is -3.32. The van der Waals surface area contributed by atoms with Crippen molar-refractivity contribution in [1.29, 1.82) is 5.26 Å². The van der Waals surface area contributed by atoms with Gasteiger partial charge in [-0.1, -0.05) is 0 Å².